The fourth-order valence-electron chi connectivity index (χ4n) is 1.72. The molecule has 0 spiro atoms. The molecule has 0 bridgehead atoms. The first-order chi connectivity index (χ1) is 6.99. The van der Waals surface area contributed by atoms with E-state index in [-0.39, 0.29) is 5.75 Å². The Morgan fingerprint density at radius 3 is 2.60 bits per heavy atom. The monoisotopic (exact) mass is 230 g/mol. The zero-order valence-corrected chi connectivity index (χ0v) is 9.36. The van der Waals surface area contributed by atoms with Gasteiger partial charge in [-0.15, -0.1) is 0 Å². The summed E-state index contributed by atoms with van der Waals surface area (Å²) in [5.74, 6) is -0.416. The zero-order valence-electron chi connectivity index (χ0n) is 8.60. The number of hydrogen-bond donors (Lipinski definition) is 1. The lowest BCUT2D eigenvalue weighted by Gasteiger charge is -2.17. The molecule has 2 nitrogen and oxygen atoms in total. The minimum absolute atomic E-state index is 0.0607. The lowest BCUT2D eigenvalue weighted by molar-refractivity contribution is 0.146. The second-order valence-electron chi connectivity index (χ2n) is 3.93. The largest absolute Gasteiger partial charge is 0.493 e. The van der Waals surface area contributed by atoms with Crippen LogP contribution in [-0.2, 0) is 5.60 Å². The van der Waals surface area contributed by atoms with Gasteiger partial charge in [0.05, 0.1) is 17.7 Å². The highest BCUT2D eigenvalue weighted by molar-refractivity contribution is 6.32. The Labute approximate surface area is 92.6 Å². The summed E-state index contributed by atoms with van der Waals surface area (Å²) in [7, 11) is 1.37. The summed E-state index contributed by atoms with van der Waals surface area (Å²) in [4.78, 5) is 0. The van der Waals surface area contributed by atoms with Crippen molar-refractivity contribution >= 4 is 11.6 Å². The molecule has 1 aromatic rings. The van der Waals surface area contributed by atoms with Crippen molar-refractivity contribution in [2.75, 3.05) is 7.11 Å². The van der Waals surface area contributed by atoms with Crippen molar-refractivity contribution in [1.82, 2.24) is 0 Å². The molecule has 0 atom stereocenters. The van der Waals surface area contributed by atoms with E-state index in [1.807, 2.05) is 0 Å². The third kappa shape index (κ3) is 1.60. The van der Waals surface area contributed by atoms with Crippen LogP contribution in [0.25, 0.3) is 0 Å². The Morgan fingerprint density at radius 2 is 2.13 bits per heavy atom. The maximum absolute atomic E-state index is 13.6. The van der Waals surface area contributed by atoms with E-state index >= 15 is 0 Å². The molecule has 0 amide bonds. The van der Waals surface area contributed by atoms with Gasteiger partial charge in [-0.25, -0.2) is 4.39 Å². The fourth-order valence-corrected chi connectivity index (χ4v) is 2.04. The van der Waals surface area contributed by atoms with Gasteiger partial charge in [-0.1, -0.05) is 11.6 Å². The van der Waals surface area contributed by atoms with Crippen LogP contribution in [0.4, 0.5) is 4.39 Å². The summed E-state index contributed by atoms with van der Waals surface area (Å²) < 4.78 is 18.5. The number of hydrogen-bond acceptors (Lipinski definition) is 2. The molecular formula is C11H12ClFO2. The van der Waals surface area contributed by atoms with Crippen LogP contribution in [0.5, 0.6) is 5.75 Å². The van der Waals surface area contributed by atoms with Gasteiger partial charge in [-0.05, 0) is 31.4 Å². The van der Waals surface area contributed by atoms with Gasteiger partial charge in [0, 0.05) is 5.56 Å². The molecule has 1 aliphatic carbocycles. The Bertz CT molecular complexity index is 414. The van der Waals surface area contributed by atoms with Gasteiger partial charge in [0.25, 0.3) is 0 Å². The van der Waals surface area contributed by atoms with Crippen LogP contribution in [0, 0.1) is 12.7 Å². The van der Waals surface area contributed by atoms with Crippen molar-refractivity contribution in [3.8, 4) is 5.75 Å². The maximum Gasteiger partial charge on any atom is 0.165 e. The molecule has 1 N–H and O–H groups in total. The van der Waals surface area contributed by atoms with E-state index in [9.17, 15) is 9.50 Å². The Balaban J connectivity index is 2.68. The van der Waals surface area contributed by atoms with Gasteiger partial charge in [0.2, 0.25) is 0 Å². The fraction of sp³-hybridized carbons (Fsp3) is 0.455. The maximum atomic E-state index is 13.6. The predicted molar refractivity (Wildman–Crippen MR) is 55.8 cm³/mol. The summed E-state index contributed by atoms with van der Waals surface area (Å²) in [6.45, 7) is 1.71. The van der Waals surface area contributed by atoms with Crippen molar-refractivity contribution in [2.24, 2.45) is 0 Å². The third-order valence-corrected chi connectivity index (χ3v) is 3.23. The summed E-state index contributed by atoms with van der Waals surface area (Å²) in [5.41, 5.74) is 0.0180. The van der Waals surface area contributed by atoms with Crippen molar-refractivity contribution in [3.05, 3.63) is 28.0 Å². The molecule has 0 radical (unpaired) electrons. The number of ether oxygens (including phenoxy) is 1. The lowest BCUT2D eigenvalue weighted by atomic mass is 10.0. The minimum Gasteiger partial charge on any atom is -0.493 e. The Morgan fingerprint density at radius 1 is 1.53 bits per heavy atom. The van der Waals surface area contributed by atoms with Gasteiger partial charge < -0.3 is 9.84 Å². The predicted octanol–water partition coefficient (Wildman–Crippen LogP) is 2.78. The molecule has 82 valence electrons. The van der Waals surface area contributed by atoms with Crippen LogP contribution in [0.3, 0.4) is 0 Å². The van der Waals surface area contributed by atoms with Crippen LogP contribution in [-0.4, -0.2) is 12.2 Å². The van der Waals surface area contributed by atoms with E-state index in [0.29, 0.717) is 29.0 Å². The van der Waals surface area contributed by atoms with Crippen molar-refractivity contribution in [3.63, 3.8) is 0 Å². The topological polar surface area (TPSA) is 29.5 Å². The first-order valence-corrected chi connectivity index (χ1v) is 5.13. The number of benzene rings is 1. The number of halogens is 2. The summed E-state index contributed by atoms with van der Waals surface area (Å²) in [6, 6.07) is 1.32. The van der Waals surface area contributed by atoms with E-state index in [2.05, 4.69) is 0 Å². The zero-order chi connectivity index (χ0) is 11.2. The minimum atomic E-state index is -0.991. The van der Waals surface area contributed by atoms with Crippen LogP contribution in [0.15, 0.2) is 6.07 Å². The number of aliphatic hydroxyl groups is 1. The average molecular weight is 231 g/mol. The molecule has 0 saturated heterocycles. The van der Waals surface area contributed by atoms with Crippen LogP contribution < -0.4 is 4.74 Å². The van der Waals surface area contributed by atoms with Gasteiger partial charge in [-0.2, -0.15) is 0 Å². The first kappa shape index (κ1) is 10.7. The van der Waals surface area contributed by atoms with Crippen molar-refractivity contribution in [2.45, 2.75) is 25.4 Å². The second-order valence-corrected chi connectivity index (χ2v) is 4.31. The molecule has 0 heterocycles. The molecule has 0 unspecified atom stereocenters. The molecule has 15 heavy (non-hydrogen) atoms. The molecule has 1 aliphatic rings. The van der Waals surface area contributed by atoms with Crippen molar-refractivity contribution in [1.29, 1.82) is 0 Å². The summed E-state index contributed by atoms with van der Waals surface area (Å²) >= 11 is 6.07. The Hall–Kier alpha value is -0.800. The van der Waals surface area contributed by atoms with E-state index < -0.39 is 11.4 Å². The molecule has 2 rings (SSSR count). The molecule has 1 saturated carbocycles. The van der Waals surface area contributed by atoms with E-state index in [0.717, 1.165) is 0 Å². The Kier molecular flexibility index (Phi) is 2.40. The van der Waals surface area contributed by atoms with E-state index in [1.165, 1.54) is 13.2 Å². The highest BCUT2D eigenvalue weighted by Gasteiger charge is 2.46. The van der Waals surface area contributed by atoms with Crippen LogP contribution in [0.2, 0.25) is 5.02 Å². The summed E-state index contributed by atoms with van der Waals surface area (Å²) in [5, 5.41) is 10.4. The average Bonchev–Trinajstić information content (AvgIpc) is 2.90. The molecular weight excluding hydrogens is 219 g/mol. The first-order valence-electron chi connectivity index (χ1n) is 4.75. The molecule has 4 heteroatoms. The highest BCUT2D eigenvalue weighted by Crippen LogP contribution is 2.52. The quantitative estimate of drug-likeness (QED) is 0.847. The highest BCUT2D eigenvalue weighted by atomic mass is 35.5. The number of methoxy groups -OCH3 is 1. The molecule has 0 aliphatic heterocycles. The lowest BCUT2D eigenvalue weighted by Crippen LogP contribution is -2.10. The molecule has 1 fully saturated rings. The number of rotatable bonds is 2. The van der Waals surface area contributed by atoms with E-state index in [1.54, 1.807) is 6.92 Å². The number of aryl methyl sites for hydroxylation is 1. The van der Waals surface area contributed by atoms with Crippen LogP contribution in [0.1, 0.15) is 24.0 Å². The summed E-state index contributed by atoms with van der Waals surface area (Å²) in [6.07, 6.45) is 1.21. The van der Waals surface area contributed by atoms with Crippen LogP contribution >= 0.6 is 11.6 Å². The van der Waals surface area contributed by atoms with Gasteiger partial charge in [0.15, 0.2) is 11.6 Å². The smallest absolute Gasteiger partial charge is 0.165 e. The third-order valence-electron chi connectivity index (χ3n) is 2.75. The normalized spacial score (nSPS) is 17.7. The second kappa shape index (κ2) is 3.35. The standard InChI is InChI=1S/C11H12ClFO2/c1-6-5-7(13)10(15-2)8(9(6)12)11(14)3-4-11/h5,14H,3-4H2,1-2H3. The van der Waals surface area contributed by atoms with Gasteiger partial charge >= 0.3 is 0 Å². The van der Waals surface area contributed by atoms with Gasteiger partial charge in [0.1, 0.15) is 0 Å². The molecule has 0 aromatic heterocycles. The van der Waals surface area contributed by atoms with Gasteiger partial charge in [-0.3, -0.25) is 0 Å². The molecule has 1 aromatic carbocycles. The van der Waals surface area contributed by atoms with Crippen molar-refractivity contribution < 1.29 is 14.2 Å². The van der Waals surface area contributed by atoms with E-state index in [4.69, 9.17) is 16.3 Å². The SMILES string of the molecule is COc1c(F)cc(C)c(Cl)c1C1(O)CC1.